The summed E-state index contributed by atoms with van der Waals surface area (Å²) in [6.07, 6.45) is 1.52. The molecule has 2 heterocycles. The molecular weight excluding hydrogens is 509 g/mol. The molecule has 2 aromatic heterocycles. The summed E-state index contributed by atoms with van der Waals surface area (Å²) in [7, 11) is 4.02. The van der Waals surface area contributed by atoms with Gasteiger partial charge >= 0.3 is 0 Å². The molecule has 1 unspecified atom stereocenters. The van der Waals surface area contributed by atoms with Gasteiger partial charge in [0.1, 0.15) is 17.9 Å². The lowest BCUT2D eigenvalue weighted by molar-refractivity contribution is 0.0959. The number of fused-ring (bicyclic) bond motifs is 1. The Morgan fingerprint density at radius 2 is 1.79 bits per heavy atom. The van der Waals surface area contributed by atoms with Crippen LogP contribution in [0.25, 0.3) is 22.2 Å². The average Bonchev–Trinajstić information content (AvgIpc) is 3.28. The molecule has 1 amide bonds. The van der Waals surface area contributed by atoms with Gasteiger partial charge in [0, 0.05) is 30.3 Å². The molecule has 10 heteroatoms. The molecule has 2 aromatic carbocycles. The van der Waals surface area contributed by atoms with Crippen molar-refractivity contribution in [3.05, 3.63) is 69.5 Å². The third kappa shape index (κ3) is 5.63. The highest BCUT2D eigenvalue weighted by Gasteiger charge is 2.25. The molecule has 0 saturated heterocycles. The molecule has 4 aromatic rings. The van der Waals surface area contributed by atoms with Gasteiger partial charge in [-0.05, 0) is 57.0 Å². The van der Waals surface area contributed by atoms with Crippen LogP contribution in [0.5, 0.6) is 5.75 Å². The number of benzene rings is 2. The smallest absolute Gasteiger partial charge is 0.253 e. The quantitative estimate of drug-likeness (QED) is 0.329. The topological polar surface area (TPSA) is 102 Å². The monoisotopic (exact) mass is 543 g/mol. The number of aliphatic hydroxyl groups is 1. The number of aliphatic hydroxyl groups excluding tert-OH is 1. The minimum Gasteiger partial charge on any atom is -0.496 e. The van der Waals surface area contributed by atoms with Gasteiger partial charge in [-0.2, -0.15) is 5.10 Å². The third-order valence-corrected chi connectivity index (χ3v) is 6.50. The number of nitrogens with one attached hydrogen (secondary N) is 1. The molecule has 0 bridgehead atoms. The molecular formula is C28H35ClFN5O3. The van der Waals surface area contributed by atoms with E-state index in [1.165, 1.54) is 25.5 Å². The van der Waals surface area contributed by atoms with E-state index < -0.39 is 11.7 Å². The zero-order valence-electron chi connectivity index (χ0n) is 23.3. The number of aryl methyl sites for hydroxylation is 2. The van der Waals surface area contributed by atoms with Gasteiger partial charge in [-0.1, -0.05) is 31.5 Å². The summed E-state index contributed by atoms with van der Waals surface area (Å²) < 4.78 is 22.5. The van der Waals surface area contributed by atoms with E-state index in [9.17, 15) is 9.18 Å². The number of rotatable bonds is 5. The normalized spacial score (nSPS) is 11.2. The van der Waals surface area contributed by atoms with Crippen LogP contribution in [0.1, 0.15) is 59.7 Å². The lowest BCUT2D eigenvalue weighted by atomic mass is 9.93. The van der Waals surface area contributed by atoms with E-state index in [1.807, 2.05) is 52.3 Å². The van der Waals surface area contributed by atoms with E-state index in [1.54, 1.807) is 13.2 Å². The van der Waals surface area contributed by atoms with E-state index in [4.69, 9.17) is 26.5 Å². The van der Waals surface area contributed by atoms with E-state index in [0.29, 0.717) is 27.5 Å². The van der Waals surface area contributed by atoms with Crippen LogP contribution >= 0.6 is 11.6 Å². The molecule has 8 nitrogen and oxygen atoms in total. The maximum absolute atomic E-state index is 14.8. The summed E-state index contributed by atoms with van der Waals surface area (Å²) in [5, 5.41) is 15.6. The first-order chi connectivity index (χ1) is 18.2. The number of carbonyl (C=O) groups excluding carboxylic acids is 1. The van der Waals surface area contributed by atoms with E-state index in [-0.39, 0.29) is 11.6 Å². The number of amides is 1. The minimum absolute atomic E-state index is 0.0352. The van der Waals surface area contributed by atoms with Gasteiger partial charge in [-0.25, -0.2) is 19.0 Å². The SMILES string of the molecule is CC.CNC(=O)c1ccc(-c2c(C)c(Cl)cc(C(C)n3nc(C)c4c(C)ncnc43)c2OC)cc1F.CO. The number of halogens is 2. The van der Waals surface area contributed by atoms with Crippen molar-refractivity contribution in [1.82, 2.24) is 25.1 Å². The molecule has 4 rings (SSSR count). The number of aromatic nitrogens is 4. The van der Waals surface area contributed by atoms with Crippen molar-refractivity contribution < 1.29 is 19.0 Å². The Morgan fingerprint density at radius 3 is 2.37 bits per heavy atom. The van der Waals surface area contributed by atoms with Crippen molar-refractivity contribution in [2.75, 3.05) is 21.3 Å². The van der Waals surface area contributed by atoms with Crippen LogP contribution in [0.4, 0.5) is 4.39 Å². The summed E-state index contributed by atoms with van der Waals surface area (Å²) in [4.78, 5) is 20.7. The molecule has 0 spiro atoms. The van der Waals surface area contributed by atoms with Crippen molar-refractivity contribution in [2.45, 2.75) is 47.6 Å². The Balaban J connectivity index is 0.00000121. The molecule has 0 radical (unpaired) electrons. The van der Waals surface area contributed by atoms with E-state index in [2.05, 4.69) is 15.3 Å². The predicted molar refractivity (Wildman–Crippen MR) is 150 cm³/mol. The highest BCUT2D eigenvalue weighted by Crippen LogP contribution is 2.43. The summed E-state index contributed by atoms with van der Waals surface area (Å²) in [6, 6.07) is 6.01. The van der Waals surface area contributed by atoms with Crippen LogP contribution in [-0.2, 0) is 0 Å². The fourth-order valence-corrected chi connectivity index (χ4v) is 4.54. The molecule has 1 atom stereocenters. The van der Waals surface area contributed by atoms with Gasteiger partial charge in [-0.3, -0.25) is 4.79 Å². The summed E-state index contributed by atoms with van der Waals surface area (Å²) in [6.45, 7) is 11.7. The van der Waals surface area contributed by atoms with E-state index >= 15 is 0 Å². The second kappa shape index (κ2) is 13.3. The van der Waals surface area contributed by atoms with Crippen LogP contribution in [0.3, 0.4) is 0 Å². The maximum Gasteiger partial charge on any atom is 0.253 e. The van der Waals surface area contributed by atoms with Crippen LogP contribution in [0, 0.1) is 26.6 Å². The predicted octanol–water partition coefficient (Wildman–Crippen LogP) is 5.82. The van der Waals surface area contributed by atoms with Crippen LogP contribution < -0.4 is 10.1 Å². The highest BCUT2D eigenvalue weighted by atomic mass is 35.5. The standard InChI is InChI=1S/C25H25ClFN5O2.C2H6.CH4O/c1-12-19(26)10-18(15(4)32-24-22(14(3)31-32)13(2)29-11-30-24)23(34-6)21(12)16-7-8-17(20(27)9-16)25(33)28-5;2*1-2/h7-11,15H,1-6H3,(H,28,33);1-2H3;2H,1H3. The minimum atomic E-state index is -0.631. The van der Waals surface area contributed by atoms with Crippen molar-refractivity contribution >= 4 is 28.5 Å². The fourth-order valence-electron chi connectivity index (χ4n) is 4.33. The number of nitrogens with zero attached hydrogens (tertiary/aromatic N) is 4. The first-order valence-corrected chi connectivity index (χ1v) is 12.6. The molecule has 2 N–H and O–H groups in total. The summed E-state index contributed by atoms with van der Waals surface area (Å²) in [5.74, 6) is -0.575. The molecule has 204 valence electrons. The summed E-state index contributed by atoms with van der Waals surface area (Å²) in [5.41, 5.74) is 5.05. The Hall–Kier alpha value is -3.56. The largest absolute Gasteiger partial charge is 0.496 e. The third-order valence-electron chi connectivity index (χ3n) is 6.11. The van der Waals surface area contributed by atoms with Gasteiger partial charge in [0.05, 0.1) is 35.5 Å². The first-order valence-electron chi connectivity index (χ1n) is 12.2. The maximum atomic E-state index is 14.8. The Labute approximate surface area is 227 Å². The molecule has 0 fully saturated rings. The second-order valence-electron chi connectivity index (χ2n) is 8.12. The van der Waals surface area contributed by atoms with Gasteiger partial charge in [0.15, 0.2) is 5.65 Å². The van der Waals surface area contributed by atoms with E-state index in [0.717, 1.165) is 35.0 Å². The number of methoxy groups -OCH3 is 1. The Kier molecular flexibility index (Phi) is 10.7. The van der Waals surface area contributed by atoms with Gasteiger partial charge in [-0.15, -0.1) is 0 Å². The summed E-state index contributed by atoms with van der Waals surface area (Å²) >= 11 is 6.65. The van der Waals surface area contributed by atoms with Crippen LogP contribution in [0.2, 0.25) is 5.02 Å². The fraction of sp³-hybridized carbons (Fsp3) is 0.357. The molecule has 0 aliphatic heterocycles. The molecule has 38 heavy (non-hydrogen) atoms. The highest BCUT2D eigenvalue weighted by molar-refractivity contribution is 6.32. The van der Waals surface area contributed by atoms with Crippen LogP contribution in [0.15, 0.2) is 30.6 Å². The molecule has 0 aliphatic rings. The first kappa shape index (κ1) is 30.7. The van der Waals surface area contributed by atoms with Crippen LogP contribution in [-0.4, -0.2) is 52.0 Å². The average molecular weight is 544 g/mol. The number of hydrogen-bond donors (Lipinski definition) is 2. The zero-order valence-corrected chi connectivity index (χ0v) is 24.0. The number of ether oxygens (including phenoxy) is 1. The second-order valence-corrected chi connectivity index (χ2v) is 8.53. The van der Waals surface area contributed by atoms with Gasteiger partial charge in [0.25, 0.3) is 5.91 Å². The Bertz CT molecular complexity index is 1440. The van der Waals surface area contributed by atoms with Crippen molar-refractivity contribution in [3.8, 4) is 16.9 Å². The lowest BCUT2D eigenvalue weighted by Crippen LogP contribution is -2.19. The molecule has 0 saturated carbocycles. The van der Waals surface area contributed by atoms with Crippen molar-refractivity contribution in [2.24, 2.45) is 0 Å². The molecule has 0 aliphatic carbocycles. The zero-order chi connectivity index (χ0) is 28.7. The number of hydrogen-bond acceptors (Lipinski definition) is 6. The van der Waals surface area contributed by atoms with Crippen molar-refractivity contribution in [1.29, 1.82) is 0 Å². The number of carbonyl (C=O) groups is 1. The lowest BCUT2D eigenvalue weighted by Gasteiger charge is -2.22. The van der Waals surface area contributed by atoms with Gasteiger partial charge < -0.3 is 15.2 Å². The van der Waals surface area contributed by atoms with Gasteiger partial charge in [0.2, 0.25) is 0 Å². The van der Waals surface area contributed by atoms with Crippen molar-refractivity contribution in [3.63, 3.8) is 0 Å². The Morgan fingerprint density at radius 1 is 1.13 bits per heavy atom.